The fourth-order valence-corrected chi connectivity index (χ4v) is 5.18. The number of imidazole rings is 1. The molecule has 0 spiro atoms. The summed E-state index contributed by atoms with van der Waals surface area (Å²) in [6.45, 7) is 3.53. The van der Waals surface area contributed by atoms with Crippen molar-refractivity contribution in [1.29, 1.82) is 5.26 Å². The van der Waals surface area contributed by atoms with Crippen molar-refractivity contribution in [3.05, 3.63) is 89.0 Å². The molecule has 1 aliphatic heterocycles. The fraction of sp³-hybridized carbons (Fsp3) is 0.346. The maximum atomic E-state index is 13.1. The standard InChI is InChI=1S/C26H29N5O/c1-18-3-2-4-21(11-18)13-26(25(28)32)9-10-29-15-23(26)22(24-16-30-17-31-24)12-19-5-7-20(14-27)8-6-19/h2-8,11,16-17,22-23,29H,9-10,12-13,15H2,1H3,(H2,28,32)(H,30,31). The highest BCUT2D eigenvalue weighted by Gasteiger charge is 2.49. The molecule has 3 atom stereocenters. The van der Waals surface area contributed by atoms with Crippen LogP contribution in [0.2, 0.25) is 0 Å². The Labute approximate surface area is 188 Å². The lowest BCUT2D eigenvalue weighted by atomic mass is 9.60. The Morgan fingerprint density at radius 1 is 1.28 bits per heavy atom. The molecule has 1 aromatic heterocycles. The number of carbonyl (C=O) groups excluding carboxylic acids is 1. The Morgan fingerprint density at radius 2 is 2.09 bits per heavy atom. The minimum Gasteiger partial charge on any atom is -0.369 e. The summed E-state index contributed by atoms with van der Waals surface area (Å²) in [5.74, 6) is -0.226. The molecule has 4 rings (SSSR count). The van der Waals surface area contributed by atoms with E-state index in [2.05, 4.69) is 46.5 Å². The molecule has 4 N–H and O–H groups in total. The van der Waals surface area contributed by atoms with Gasteiger partial charge in [-0.15, -0.1) is 0 Å². The van der Waals surface area contributed by atoms with E-state index in [1.807, 2.05) is 36.5 Å². The minimum atomic E-state index is -0.665. The van der Waals surface area contributed by atoms with Crippen molar-refractivity contribution >= 4 is 5.91 Å². The van der Waals surface area contributed by atoms with E-state index in [4.69, 9.17) is 11.0 Å². The van der Waals surface area contributed by atoms with Crippen LogP contribution in [-0.2, 0) is 17.6 Å². The van der Waals surface area contributed by atoms with E-state index in [0.717, 1.165) is 29.8 Å². The van der Waals surface area contributed by atoms with Crippen molar-refractivity contribution < 1.29 is 4.79 Å². The van der Waals surface area contributed by atoms with Gasteiger partial charge in [0, 0.05) is 17.8 Å². The topological polar surface area (TPSA) is 108 Å². The number of hydrogen-bond donors (Lipinski definition) is 3. The zero-order valence-electron chi connectivity index (χ0n) is 18.3. The Bertz CT molecular complexity index is 1100. The van der Waals surface area contributed by atoms with Crippen LogP contribution in [0.5, 0.6) is 0 Å². The van der Waals surface area contributed by atoms with E-state index in [-0.39, 0.29) is 17.7 Å². The van der Waals surface area contributed by atoms with Gasteiger partial charge >= 0.3 is 0 Å². The summed E-state index contributed by atoms with van der Waals surface area (Å²) in [4.78, 5) is 20.7. The molecule has 3 unspecified atom stereocenters. The Balaban J connectivity index is 1.74. The SMILES string of the molecule is Cc1cccc(CC2(C(N)=O)CCNCC2C(Cc2ccc(C#N)cc2)c2cnc[nH]2)c1. The molecule has 2 aromatic carbocycles. The fourth-order valence-electron chi connectivity index (χ4n) is 5.18. The number of amides is 1. The minimum absolute atomic E-state index is 0.00893. The average molecular weight is 428 g/mol. The van der Waals surface area contributed by atoms with Gasteiger partial charge in [0.2, 0.25) is 5.91 Å². The molecular weight excluding hydrogens is 398 g/mol. The van der Waals surface area contributed by atoms with Gasteiger partial charge in [-0.05, 0) is 68.5 Å². The second-order valence-corrected chi connectivity index (χ2v) is 8.87. The molecule has 6 heteroatoms. The molecule has 0 radical (unpaired) electrons. The molecule has 164 valence electrons. The van der Waals surface area contributed by atoms with E-state index in [1.165, 1.54) is 5.56 Å². The van der Waals surface area contributed by atoms with Crippen molar-refractivity contribution in [3.63, 3.8) is 0 Å². The van der Waals surface area contributed by atoms with Gasteiger partial charge in [0.05, 0.1) is 23.4 Å². The number of nitrogens with zero attached hydrogens (tertiary/aromatic N) is 2. The van der Waals surface area contributed by atoms with E-state index in [1.54, 1.807) is 6.33 Å². The third-order valence-electron chi connectivity index (χ3n) is 6.86. The number of H-pyrrole nitrogens is 1. The summed E-state index contributed by atoms with van der Waals surface area (Å²) in [6.07, 6.45) is 5.57. The molecule has 0 saturated carbocycles. The van der Waals surface area contributed by atoms with Gasteiger partial charge in [0.25, 0.3) is 0 Å². The van der Waals surface area contributed by atoms with E-state index >= 15 is 0 Å². The normalized spacial score (nSPS) is 21.6. The predicted molar refractivity (Wildman–Crippen MR) is 124 cm³/mol. The zero-order valence-corrected chi connectivity index (χ0v) is 18.3. The Morgan fingerprint density at radius 3 is 2.75 bits per heavy atom. The molecule has 1 saturated heterocycles. The molecule has 2 heterocycles. The average Bonchev–Trinajstić information content (AvgIpc) is 3.33. The third-order valence-corrected chi connectivity index (χ3v) is 6.86. The van der Waals surface area contributed by atoms with Gasteiger partial charge in [0.15, 0.2) is 0 Å². The van der Waals surface area contributed by atoms with Crippen LogP contribution in [-0.4, -0.2) is 29.0 Å². The highest BCUT2D eigenvalue weighted by Crippen LogP contribution is 2.45. The monoisotopic (exact) mass is 427 g/mol. The van der Waals surface area contributed by atoms with Crippen LogP contribution in [0.4, 0.5) is 0 Å². The van der Waals surface area contributed by atoms with Crippen LogP contribution in [0.15, 0.2) is 61.1 Å². The van der Waals surface area contributed by atoms with Crippen molar-refractivity contribution in [2.75, 3.05) is 13.1 Å². The predicted octanol–water partition coefficient (Wildman–Crippen LogP) is 3.24. The number of nitrogens with one attached hydrogen (secondary N) is 2. The molecule has 1 amide bonds. The maximum absolute atomic E-state index is 13.1. The second kappa shape index (κ2) is 9.37. The quantitative estimate of drug-likeness (QED) is 0.538. The largest absolute Gasteiger partial charge is 0.369 e. The molecule has 32 heavy (non-hydrogen) atoms. The first-order valence-electron chi connectivity index (χ1n) is 11.1. The number of aromatic amines is 1. The summed E-state index contributed by atoms with van der Waals surface area (Å²) < 4.78 is 0. The highest BCUT2D eigenvalue weighted by molar-refractivity contribution is 5.82. The summed E-state index contributed by atoms with van der Waals surface area (Å²) in [7, 11) is 0. The van der Waals surface area contributed by atoms with Gasteiger partial charge in [-0.25, -0.2) is 4.98 Å². The number of rotatable bonds is 7. The van der Waals surface area contributed by atoms with E-state index in [0.29, 0.717) is 24.9 Å². The van der Waals surface area contributed by atoms with Gasteiger partial charge in [0.1, 0.15) is 0 Å². The first kappa shape index (κ1) is 21.8. The van der Waals surface area contributed by atoms with Crippen LogP contribution in [0.25, 0.3) is 0 Å². The molecule has 6 nitrogen and oxygen atoms in total. The van der Waals surface area contributed by atoms with Crippen LogP contribution < -0.4 is 11.1 Å². The number of aromatic nitrogens is 2. The van der Waals surface area contributed by atoms with Crippen molar-refractivity contribution in [1.82, 2.24) is 15.3 Å². The summed E-state index contributed by atoms with van der Waals surface area (Å²) in [5.41, 5.74) is 10.6. The number of aryl methyl sites for hydroxylation is 1. The van der Waals surface area contributed by atoms with Gasteiger partial charge in [-0.3, -0.25) is 4.79 Å². The third kappa shape index (κ3) is 4.44. The lowest BCUT2D eigenvalue weighted by Gasteiger charge is -2.46. The zero-order chi connectivity index (χ0) is 22.6. The molecule has 1 aliphatic rings. The summed E-state index contributed by atoms with van der Waals surface area (Å²) >= 11 is 0. The van der Waals surface area contributed by atoms with Crippen LogP contribution in [0.3, 0.4) is 0 Å². The number of piperidine rings is 1. The number of primary amides is 1. The van der Waals surface area contributed by atoms with E-state index in [9.17, 15) is 4.79 Å². The molecule has 1 fully saturated rings. The number of hydrogen-bond acceptors (Lipinski definition) is 4. The van der Waals surface area contributed by atoms with Crippen LogP contribution in [0, 0.1) is 29.6 Å². The summed E-state index contributed by atoms with van der Waals surface area (Å²) in [6, 6.07) is 18.2. The van der Waals surface area contributed by atoms with Gasteiger partial charge < -0.3 is 16.0 Å². The van der Waals surface area contributed by atoms with Crippen molar-refractivity contribution in [2.45, 2.75) is 32.1 Å². The molecule has 0 bridgehead atoms. The Hall–Kier alpha value is -3.43. The maximum Gasteiger partial charge on any atom is 0.224 e. The van der Waals surface area contributed by atoms with Crippen molar-refractivity contribution in [2.24, 2.45) is 17.1 Å². The molecule has 3 aromatic rings. The molecular formula is C26H29N5O. The van der Waals surface area contributed by atoms with Crippen LogP contribution >= 0.6 is 0 Å². The Kier molecular flexibility index (Phi) is 6.38. The highest BCUT2D eigenvalue weighted by atomic mass is 16.1. The van der Waals surface area contributed by atoms with Gasteiger partial charge in [-0.2, -0.15) is 5.26 Å². The van der Waals surface area contributed by atoms with E-state index < -0.39 is 5.41 Å². The first-order chi connectivity index (χ1) is 15.5. The first-order valence-corrected chi connectivity index (χ1v) is 11.1. The second-order valence-electron chi connectivity index (χ2n) is 8.87. The smallest absolute Gasteiger partial charge is 0.224 e. The van der Waals surface area contributed by atoms with Crippen LogP contribution in [0.1, 0.15) is 40.3 Å². The van der Waals surface area contributed by atoms with Crippen molar-refractivity contribution in [3.8, 4) is 6.07 Å². The lowest BCUT2D eigenvalue weighted by molar-refractivity contribution is -0.133. The lowest BCUT2D eigenvalue weighted by Crippen LogP contribution is -2.55. The summed E-state index contributed by atoms with van der Waals surface area (Å²) in [5, 5.41) is 12.6. The number of nitrogens with two attached hydrogens (primary N) is 1. The van der Waals surface area contributed by atoms with Gasteiger partial charge in [-0.1, -0.05) is 42.0 Å². The number of carbonyl (C=O) groups is 1. The number of nitriles is 1. The number of benzene rings is 2. The molecule has 0 aliphatic carbocycles.